The quantitative estimate of drug-likeness (QED) is 0.539. The lowest BCUT2D eigenvalue weighted by Crippen LogP contribution is -2.41. The fourth-order valence-corrected chi connectivity index (χ4v) is 2.04. The van der Waals surface area contributed by atoms with Crippen LogP contribution in [-0.4, -0.2) is 37.7 Å². The molecule has 1 aromatic rings. The molecule has 0 bridgehead atoms. The van der Waals surface area contributed by atoms with Gasteiger partial charge in [-0.1, -0.05) is 44.2 Å². The number of rotatable bonds is 8. The normalized spacial score (nSPS) is 11.7. The lowest BCUT2D eigenvalue weighted by Gasteiger charge is -2.29. The SMILES string of the molecule is CC(C)CCC(=O)OCC[N+](C)(C)Cc1ccccc1. The molecule has 0 spiro atoms. The molecule has 0 N–H and O–H groups in total. The van der Waals surface area contributed by atoms with E-state index < -0.39 is 0 Å². The second-order valence-electron chi connectivity index (χ2n) is 6.46. The minimum Gasteiger partial charge on any atom is -0.460 e. The van der Waals surface area contributed by atoms with Crippen LogP contribution in [0.25, 0.3) is 0 Å². The third-order valence-electron chi connectivity index (χ3n) is 3.34. The van der Waals surface area contributed by atoms with Gasteiger partial charge in [-0.05, 0) is 12.3 Å². The Kier molecular flexibility index (Phi) is 6.73. The van der Waals surface area contributed by atoms with Gasteiger partial charge < -0.3 is 9.22 Å². The molecular weight excluding hydrogens is 250 g/mol. The average molecular weight is 278 g/mol. The van der Waals surface area contributed by atoms with Crippen molar-refractivity contribution < 1.29 is 14.0 Å². The zero-order valence-corrected chi connectivity index (χ0v) is 13.3. The highest BCUT2D eigenvalue weighted by molar-refractivity contribution is 5.69. The van der Waals surface area contributed by atoms with Gasteiger partial charge in [0.05, 0.1) is 14.1 Å². The summed E-state index contributed by atoms with van der Waals surface area (Å²) in [6.45, 7) is 6.52. The second kappa shape index (κ2) is 8.05. The number of quaternary nitrogens is 1. The molecule has 3 nitrogen and oxygen atoms in total. The summed E-state index contributed by atoms with van der Waals surface area (Å²) in [5, 5.41) is 0. The summed E-state index contributed by atoms with van der Waals surface area (Å²) in [5.74, 6) is 0.478. The number of ether oxygens (including phenoxy) is 1. The predicted molar refractivity (Wildman–Crippen MR) is 82.2 cm³/mol. The van der Waals surface area contributed by atoms with E-state index in [1.165, 1.54) is 5.56 Å². The highest BCUT2D eigenvalue weighted by Crippen LogP contribution is 2.09. The monoisotopic (exact) mass is 278 g/mol. The van der Waals surface area contributed by atoms with Crippen LogP contribution in [-0.2, 0) is 16.1 Å². The van der Waals surface area contributed by atoms with Crippen LogP contribution in [0.2, 0.25) is 0 Å². The lowest BCUT2D eigenvalue weighted by atomic mass is 10.1. The van der Waals surface area contributed by atoms with Gasteiger partial charge in [-0.3, -0.25) is 4.79 Å². The average Bonchev–Trinajstić information content (AvgIpc) is 2.36. The first-order chi connectivity index (χ1) is 9.39. The number of likely N-dealkylation sites (N-methyl/N-ethyl adjacent to an activating group) is 1. The standard InChI is InChI=1S/C17H28NO2/c1-15(2)10-11-17(19)20-13-12-18(3,4)14-16-8-6-5-7-9-16/h5-9,15H,10-14H2,1-4H3/q+1. The van der Waals surface area contributed by atoms with Crippen molar-refractivity contribution in [1.29, 1.82) is 0 Å². The summed E-state index contributed by atoms with van der Waals surface area (Å²) in [6, 6.07) is 10.4. The summed E-state index contributed by atoms with van der Waals surface area (Å²) >= 11 is 0. The van der Waals surface area contributed by atoms with Crippen molar-refractivity contribution in [3.05, 3.63) is 35.9 Å². The zero-order valence-electron chi connectivity index (χ0n) is 13.3. The number of carbonyl (C=O) groups excluding carboxylic acids is 1. The molecular formula is C17H28NO2+. The van der Waals surface area contributed by atoms with Crippen LogP contribution in [0, 0.1) is 5.92 Å². The topological polar surface area (TPSA) is 26.3 Å². The molecule has 1 rings (SSSR count). The Morgan fingerprint density at radius 3 is 2.45 bits per heavy atom. The van der Waals surface area contributed by atoms with Gasteiger partial charge in [0.1, 0.15) is 19.7 Å². The predicted octanol–water partition coefficient (Wildman–Crippen LogP) is 3.24. The van der Waals surface area contributed by atoms with Crippen LogP contribution < -0.4 is 0 Å². The van der Waals surface area contributed by atoms with E-state index in [0.29, 0.717) is 18.9 Å². The third kappa shape index (κ3) is 7.29. The van der Waals surface area contributed by atoms with Gasteiger partial charge in [0.25, 0.3) is 0 Å². The van der Waals surface area contributed by atoms with Crippen LogP contribution in [0.5, 0.6) is 0 Å². The number of hydrogen-bond donors (Lipinski definition) is 0. The largest absolute Gasteiger partial charge is 0.460 e. The van der Waals surface area contributed by atoms with Gasteiger partial charge in [-0.25, -0.2) is 0 Å². The number of benzene rings is 1. The Morgan fingerprint density at radius 2 is 1.85 bits per heavy atom. The maximum Gasteiger partial charge on any atom is 0.306 e. The van der Waals surface area contributed by atoms with Crippen molar-refractivity contribution in [2.45, 2.75) is 33.2 Å². The third-order valence-corrected chi connectivity index (χ3v) is 3.34. The zero-order chi connectivity index (χ0) is 15.0. The van der Waals surface area contributed by atoms with Crippen LogP contribution in [0.4, 0.5) is 0 Å². The maximum atomic E-state index is 11.6. The summed E-state index contributed by atoms with van der Waals surface area (Å²) in [7, 11) is 4.32. The Balaban J connectivity index is 2.27. The number of carbonyl (C=O) groups is 1. The molecule has 0 amide bonds. The van der Waals surface area contributed by atoms with E-state index in [9.17, 15) is 4.79 Å². The molecule has 0 saturated carbocycles. The molecule has 3 heteroatoms. The molecule has 20 heavy (non-hydrogen) atoms. The molecule has 0 aliphatic carbocycles. The summed E-state index contributed by atoms with van der Waals surface area (Å²) in [5.41, 5.74) is 1.31. The number of esters is 1. The van der Waals surface area contributed by atoms with E-state index in [2.05, 4.69) is 52.2 Å². The van der Waals surface area contributed by atoms with E-state index in [4.69, 9.17) is 4.74 Å². The van der Waals surface area contributed by atoms with Crippen molar-refractivity contribution in [3.8, 4) is 0 Å². The smallest absolute Gasteiger partial charge is 0.306 e. The van der Waals surface area contributed by atoms with Crippen molar-refractivity contribution >= 4 is 5.97 Å². The van der Waals surface area contributed by atoms with Crippen LogP contribution in [0.15, 0.2) is 30.3 Å². The molecule has 0 atom stereocenters. The first kappa shape index (κ1) is 16.7. The summed E-state index contributed by atoms with van der Waals surface area (Å²) < 4.78 is 6.13. The molecule has 0 fully saturated rings. The molecule has 0 radical (unpaired) electrons. The molecule has 0 saturated heterocycles. The summed E-state index contributed by atoms with van der Waals surface area (Å²) in [6.07, 6.45) is 1.44. The maximum absolute atomic E-state index is 11.6. The molecule has 0 aromatic heterocycles. The van der Waals surface area contributed by atoms with E-state index in [1.807, 2.05) is 6.07 Å². The summed E-state index contributed by atoms with van der Waals surface area (Å²) in [4.78, 5) is 11.6. The Bertz CT molecular complexity index is 399. The fraction of sp³-hybridized carbons (Fsp3) is 0.588. The lowest BCUT2D eigenvalue weighted by molar-refractivity contribution is -0.903. The van der Waals surface area contributed by atoms with Crippen LogP contribution in [0.3, 0.4) is 0 Å². The van der Waals surface area contributed by atoms with Crippen molar-refractivity contribution in [3.63, 3.8) is 0 Å². The van der Waals surface area contributed by atoms with Gasteiger partial charge in [0.2, 0.25) is 0 Å². The molecule has 0 heterocycles. The van der Waals surface area contributed by atoms with Crippen molar-refractivity contribution in [2.24, 2.45) is 5.92 Å². The van der Waals surface area contributed by atoms with Gasteiger partial charge in [-0.15, -0.1) is 0 Å². The molecule has 112 valence electrons. The Hall–Kier alpha value is -1.35. The van der Waals surface area contributed by atoms with Gasteiger partial charge in [0.15, 0.2) is 0 Å². The highest BCUT2D eigenvalue weighted by atomic mass is 16.5. The van der Waals surface area contributed by atoms with E-state index >= 15 is 0 Å². The van der Waals surface area contributed by atoms with E-state index in [1.54, 1.807) is 0 Å². The van der Waals surface area contributed by atoms with Gasteiger partial charge >= 0.3 is 5.97 Å². The first-order valence-corrected chi connectivity index (χ1v) is 7.40. The molecule has 0 unspecified atom stereocenters. The van der Waals surface area contributed by atoms with Crippen molar-refractivity contribution in [2.75, 3.05) is 27.2 Å². The second-order valence-corrected chi connectivity index (χ2v) is 6.46. The minimum absolute atomic E-state index is 0.0709. The minimum atomic E-state index is -0.0709. The van der Waals surface area contributed by atoms with Gasteiger partial charge in [0, 0.05) is 12.0 Å². The number of hydrogen-bond acceptors (Lipinski definition) is 2. The highest BCUT2D eigenvalue weighted by Gasteiger charge is 2.16. The Labute approximate surface area is 123 Å². The molecule has 0 aliphatic rings. The van der Waals surface area contributed by atoms with Crippen LogP contribution in [0.1, 0.15) is 32.3 Å². The fourth-order valence-electron chi connectivity index (χ4n) is 2.04. The van der Waals surface area contributed by atoms with E-state index in [-0.39, 0.29) is 5.97 Å². The van der Waals surface area contributed by atoms with Crippen LogP contribution >= 0.6 is 0 Å². The molecule has 0 aliphatic heterocycles. The molecule has 1 aromatic carbocycles. The van der Waals surface area contributed by atoms with Crippen molar-refractivity contribution in [1.82, 2.24) is 0 Å². The first-order valence-electron chi connectivity index (χ1n) is 7.40. The van der Waals surface area contributed by atoms with E-state index in [0.717, 1.165) is 24.0 Å². The Morgan fingerprint density at radius 1 is 1.20 bits per heavy atom. The van der Waals surface area contributed by atoms with Gasteiger partial charge in [-0.2, -0.15) is 0 Å². The number of nitrogens with zero attached hydrogens (tertiary/aromatic N) is 1.